The van der Waals surface area contributed by atoms with Crippen LogP contribution in [0.5, 0.6) is 0 Å². The zero-order chi connectivity index (χ0) is 14.1. The van der Waals surface area contributed by atoms with E-state index in [9.17, 15) is 9.59 Å². The molecule has 100 valence electrons. The minimum atomic E-state index is -1.03. The van der Waals surface area contributed by atoms with Crippen molar-refractivity contribution in [3.05, 3.63) is 59.7 Å². The third kappa shape index (κ3) is 1.99. The zero-order valence-corrected chi connectivity index (χ0v) is 10.5. The van der Waals surface area contributed by atoms with Crippen LogP contribution in [0.3, 0.4) is 0 Å². The summed E-state index contributed by atoms with van der Waals surface area (Å²) in [4.78, 5) is 23.2. The van der Waals surface area contributed by atoms with Crippen LogP contribution in [-0.2, 0) is 4.79 Å². The van der Waals surface area contributed by atoms with Crippen LogP contribution in [0, 0.1) is 0 Å². The molecule has 1 aliphatic rings. The summed E-state index contributed by atoms with van der Waals surface area (Å²) in [6.45, 7) is 0. The fourth-order valence-corrected chi connectivity index (χ4v) is 2.30. The van der Waals surface area contributed by atoms with Gasteiger partial charge in [-0.2, -0.15) is 0 Å². The number of benzene rings is 2. The molecular weight excluding hydrogens is 256 g/mol. The van der Waals surface area contributed by atoms with Gasteiger partial charge in [0.05, 0.1) is 5.56 Å². The number of carboxylic acids is 1. The number of hydrogen-bond acceptors (Lipinski definition) is 3. The topological polar surface area (TPSA) is 78.4 Å². The van der Waals surface area contributed by atoms with Crippen LogP contribution in [0.2, 0.25) is 0 Å². The van der Waals surface area contributed by atoms with Gasteiger partial charge >= 0.3 is 5.97 Å². The summed E-state index contributed by atoms with van der Waals surface area (Å²) in [5.41, 5.74) is 2.14. The van der Waals surface area contributed by atoms with Crippen molar-refractivity contribution < 1.29 is 14.7 Å². The molecule has 1 atom stereocenters. The third-order valence-corrected chi connectivity index (χ3v) is 3.25. The van der Waals surface area contributed by atoms with Crippen molar-refractivity contribution in [1.29, 1.82) is 0 Å². The molecule has 1 amide bonds. The fourth-order valence-electron chi connectivity index (χ4n) is 2.30. The van der Waals surface area contributed by atoms with Gasteiger partial charge in [-0.1, -0.05) is 30.3 Å². The first kappa shape index (κ1) is 12.2. The number of hydrogen-bond donors (Lipinski definition) is 3. The van der Waals surface area contributed by atoms with E-state index in [0.29, 0.717) is 5.69 Å². The highest BCUT2D eigenvalue weighted by Crippen LogP contribution is 2.33. The lowest BCUT2D eigenvalue weighted by Crippen LogP contribution is -2.20. The number of amides is 1. The number of carboxylic acid groups (broad SMARTS) is 1. The summed E-state index contributed by atoms with van der Waals surface area (Å²) in [6, 6.07) is 13.3. The maximum atomic E-state index is 12.0. The number of rotatable bonds is 3. The Morgan fingerprint density at radius 2 is 1.80 bits per heavy atom. The summed E-state index contributed by atoms with van der Waals surface area (Å²) in [5.74, 6) is -1.22. The van der Waals surface area contributed by atoms with Gasteiger partial charge < -0.3 is 15.7 Å². The minimum Gasteiger partial charge on any atom is -0.478 e. The van der Waals surface area contributed by atoms with Crippen LogP contribution in [0.15, 0.2) is 48.5 Å². The highest BCUT2D eigenvalue weighted by Gasteiger charge is 2.30. The van der Waals surface area contributed by atoms with Crippen molar-refractivity contribution in [1.82, 2.24) is 0 Å². The highest BCUT2D eigenvalue weighted by atomic mass is 16.4. The predicted molar refractivity (Wildman–Crippen MR) is 74.8 cm³/mol. The molecule has 0 radical (unpaired) electrons. The summed E-state index contributed by atoms with van der Waals surface area (Å²) >= 11 is 0. The van der Waals surface area contributed by atoms with E-state index >= 15 is 0 Å². The van der Waals surface area contributed by atoms with E-state index < -0.39 is 12.0 Å². The van der Waals surface area contributed by atoms with E-state index in [0.717, 1.165) is 11.3 Å². The summed E-state index contributed by atoms with van der Waals surface area (Å²) in [5, 5.41) is 14.9. The standard InChI is InChI=1S/C15H12N2O3/c18-14-13(9-5-1-3-7-11(9)17-14)16-12-8-4-2-6-10(12)15(19)20/h1-8,13,16H,(H,17,18)(H,19,20). The number of fused-ring (bicyclic) bond motifs is 1. The van der Waals surface area contributed by atoms with Crippen molar-refractivity contribution in [2.24, 2.45) is 0 Å². The molecule has 0 saturated heterocycles. The highest BCUT2D eigenvalue weighted by molar-refractivity contribution is 6.05. The summed E-state index contributed by atoms with van der Waals surface area (Å²) < 4.78 is 0. The van der Waals surface area contributed by atoms with Gasteiger partial charge in [0, 0.05) is 16.9 Å². The van der Waals surface area contributed by atoms with Crippen molar-refractivity contribution in [3.8, 4) is 0 Å². The molecule has 0 fully saturated rings. The van der Waals surface area contributed by atoms with Gasteiger partial charge in [-0.3, -0.25) is 4.79 Å². The second-order valence-corrected chi connectivity index (χ2v) is 4.50. The summed E-state index contributed by atoms with van der Waals surface area (Å²) in [7, 11) is 0. The van der Waals surface area contributed by atoms with E-state index in [1.807, 2.05) is 24.3 Å². The molecule has 20 heavy (non-hydrogen) atoms. The lowest BCUT2D eigenvalue weighted by molar-refractivity contribution is -0.116. The molecule has 0 spiro atoms. The first-order valence-electron chi connectivity index (χ1n) is 6.15. The van der Waals surface area contributed by atoms with E-state index in [2.05, 4.69) is 10.6 Å². The van der Waals surface area contributed by atoms with Crippen LogP contribution in [0.1, 0.15) is 22.0 Å². The minimum absolute atomic E-state index is 0.143. The average Bonchev–Trinajstić information content (AvgIpc) is 2.76. The molecule has 0 bridgehead atoms. The Labute approximate surface area is 115 Å². The van der Waals surface area contributed by atoms with Gasteiger partial charge in [0.1, 0.15) is 6.04 Å². The molecule has 5 nitrogen and oxygen atoms in total. The van der Waals surface area contributed by atoms with Gasteiger partial charge in [-0.25, -0.2) is 4.79 Å². The normalized spacial score (nSPS) is 16.4. The smallest absolute Gasteiger partial charge is 0.337 e. The maximum absolute atomic E-state index is 12.0. The number of carbonyl (C=O) groups excluding carboxylic acids is 1. The molecule has 1 heterocycles. The Morgan fingerprint density at radius 3 is 2.60 bits per heavy atom. The largest absolute Gasteiger partial charge is 0.478 e. The van der Waals surface area contributed by atoms with Gasteiger partial charge in [0.25, 0.3) is 5.91 Å². The number of para-hydroxylation sites is 2. The van der Waals surface area contributed by atoms with E-state index in [1.54, 1.807) is 18.2 Å². The Morgan fingerprint density at radius 1 is 1.10 bits per heavy atom. The Kier molecular flexibility index (Phi) is 2.87. The second-order valence-electron chi connectivity index (χ2n) is 4.50. The van der Waals surface area contributed by atoms with E-state index in [1.165, 1.54) is 6.07 Å². The average molecular weight is 268 g/mol. The SMILES string of the molecule is O=C(O)c1ccccc1NC1C(=O)Nc2ccccc21. The monoisotopic (exact) mass is 268 g/mol. The fraction of sp³-hybridized carbons (Fsp3) is 0.0667. The van der Waals surface area contributed by atoms with Gasteiger partial charge in [0.2, 0.25) is 0 Å². The number of anilines is 2. The lowest BCUT2D eigenvalue weighted by atomic mass is 10.1. The Balaban J connectivity index is 1.96. The Bertz CT molecular complexity index is 697. The van der Waals surface area contributed by atoms with E-state index in [-0.39, 0.29) is 11.5 Å². The van der Waals surface area contributed by atoms with Crippen molar-refractivity contribution in [2.45, 2.75) is 6.04 Å². The van der Waals surface area contributed by atoms with Crippen LogP contribution >= 0.6 is 0 Å². The van der Waals surface area contributed by atoms with Crippen molar-refractivity contribution in [3.63, 3.8) is 0 Å². The summed E-state index contributed by atoms with van der Waals surface area (Å²) in [6.07, 6.45) is 0. The number of aromatic carboxylic acids is 1. The van der Waals surface area contributed by atoms with Crippen LogP contribution < -0.4 is 10.6 Å². The Hall–Kier alpha value is -2.82. The molecular formula is C15H12N2O3. The van der Waals surface area contributed by atoms with Crippen LogP contribution in [0.25, 0.3) is 0 Å². The second kappa shape index (κ2) is 4.70. The molecule has 3 N–H and O–H groups in total. The molecule has 1 aliphatic heterocycles. The molecule has 0 saturated carbocycles. The third-order valence-electron chi connectivity index (χ3n) is 3.25. The molecule has 0 aromatic heterocycles. The molecule has 5 heteroatoms. The molecule has 0 aliphatic carbocycles. The maximum Gasteiger partial charge on any atom is 0.337 e. The van der Waals surface area contributed by atoms with Crippen molar-refractivity contribution >= 4 is 23.3 Å². The number of carbonyl (C=O) groups is 2. The first-order valence-corrected chi connectivity index (χ1v) is 6.15. The molecule has 2 aromatic carbocycles. The van der Waals surface area contributed by atoms with E-state index in [4.69, 9.17) is 5.11 Å². The van der Waals surface area contributed by atoms with Crippen LogP contribution in [-0.4, -0.2) is 17.0 Å². The van der Waals surface area contributed by atoms with Gasteiger partial charge in [-0.05, 0) is 18.2 Å². The van der Waals surface area contributed by atoms with Gasteiger partial charge in [-0.15, -0.1) is 0 Å². The zero-order valence-electron chi connectivity index (χ0n) is 10.5. The number of nitrogens with one attached hydrogen (secondary N) is 2. The molecule has 2 aromatic rings. The quantitative estimate of drug-likeness (QED) is 0.799. The molecule has 3 rings (SSSR count). The first-order chi connectivity index (χ1) is 9.66. The van der Waals surface area contributed by atoms with Crippen LogP contribution in [0.4, 0.5) is 11.4 Å². The lowest BCUT2D eigenvalue weighted by Gasteiger charge is -2.14. The predicted octanol–water partition coefficient (Wildman–Crippen LogP) is 2.49. The van der Waals surface area contributed by atoms with Crippen molar-refractivity contribution in [2.75, 3.05) is 10.6 Å². The van der Waals surface area contributed by atoms with Gasteiger partial charge in [0.15, 0.2) is 0 Å². The molecule has 1 unspecified atom stereocenters.